The van der Waals surface area contributed by atoms with Gasteiger partial charge in [0, 0.05) is 19.0 Å². The average molecular weight is 283 g/mol. The summed E-state index contributed by atoms with van der Waals surface area (Å²) in [5, 5.41) is 10.4. The predicted molar refractivity (Wildman–Crippen MR) is 74.4 cm³/mol. The van der Waals surface area contributed by atoms with Crippen LogP contribution < -0.4 is 0 Å². The summed E-state index contributed by atoms with van der Waals surface area (Å²) in [6, 6.07) is 0. The second-order valence-corrected chi connectivity index (χ2v) is 7.11. The second-order valence-electron chi connectivity index (χ2n) is 5.90. The van der Waals surface area contributed by atoms with Gasteiger partial charge in [-0.3, -0.25) is 0 Å². The van der Waals surface area contributed by atoms with Gasteiger partial charge in [-0.2, -0.15) is 0 Å². The van der Waals surface area contributed by atoms with Gasteiger partial charge in [0.1, 0.15) is 15.6 Å². The van der Waals surface area contributed by atoms with E-state index in [4.69, 9.17) is 4.74 Å². The molecule has 1 aliphatic heterocycles. The van der Waals surface area contributed by atoms with E-state index in [1.165, 1.54) is 0 Å². The molecular weight excluding hydrogens is 262 g/mol. The molecule has 0 atom stereocenters. The minimum Gasteiger partial charge on any atom is -0.444 e. The lowest BCUT2D eigenvalue weighted by molar-refractivity contribution is 0.0204. The third-order valence-corrected chi connectivity index (χ3v) is 4.04. The van der Waals surface area contributed by atoms with E-state index < -0.39 is 5.60 Å². The van der Waals surface area contributed by atoms with Gasteiger partial charge in [0.25, 0.3) is 0 Å². The number of ether oxygens (including phenoxy) is 1. The number of likely N-dealkylation sites (tertiary alicyclic amines) is 1. The standard InChI is InChI=1S/C13H21N3O2S/c1-9-14-15-11(19-9)10-5-7-16(8-6-10)12(17)18-13(2,3)4/h10H,5-8H2,1-4H3. The maximum absolute atomic E-state index is 11.9. The summed E-state index contributed by atoms with van der Waals surface area (Å²) in [6.07, 6.45) is 1.67. The largest absolute Gasteiger partial charge is 0.444 e. The fraction of sp³-hybridized carbons (Fsp3) is 0.769. The fourth-order valence-electron chi connectivity index (χ4n) is 2.11. The summed E-state index contributed by atoms with van der Waals surface area (Å²) >= 11 is 1.66. The van der Waals surface area contributed by atoms with Gasteiger partial charge >= 0.3 is 6.09 Å². The summed E-state index contributed by atoms with van der Waals surface area (Å²) in [6.45, 7) is 9.11. The van der Waals surface area contributed by atoms with Crippen LogP contribution in [0.3, 0.4) is 0 Å². The Morgan fingerprint density at radius 2 is 1.95 bits per heavy atom. The van der Waals surface area contributed by atoms with Crippen molar-refractivity contribution in [1.82, 2.24) is 15.1 Å². The van der Waals surface area contributed by atoms with Crippen LogP contribution in [0.1, 0.15) is 49.5 Å². The number of aromatic nitrogens is 2. The number of aryl methyl sites for hydroxylation is 1. The number of nitrogens with zero attached hydrogens (tertiary/aromatic N) is 3. The molecular formula is C13H21N3O2S. The molecule has 1 aliphatic rings. The first-order chi connectivity index (χ1) is 8.85. The van der Waals surface area contributed by atoms with Crippen LogP contribution in [0.2, 0.25) is 0 Å². The molecule has 1 saturated heterocycles. The molecule has 0 aliphatic carbocycles. The van der Waals surface area contributed by atoms with Crippen LogP contribution in [0.25, 0.3) is 0 Å². The first-order valence-corrected chi connectivity index (χ1v) is 7.45. The Morgan fingerprint density at radius 3 is 2.42 bits per heavy atom. The van der Waals surface area contributed by atoms with Crippen molar-refractivity contribution in [3.05, 3.63) is 10.0 Å². The number of carbonyl (C=O) groups excluding carboxylic acids is 1. The van der Waals surface area contributed by atoms with Crippen molar-refractivity contribution in [3.8, 4) is 0 Å². The highest BCUT2D eigenvalue weighted by Gasteiger charge is 2.28. The Bertz CT molecular complexity index is 445. The van der Waals surface area contributed by atoms with Crippen LogP contribution in [0, 0.1) is 6.92 Å². The van der Waals surface area contributed by atoms with Crippen molar-refractivity contribution >= 4 is 17.4 Å². The fourth-order valence-corrected chi connectivity index (χ4v) is 2.98. The molecule has 5 nitrogen and oxygen atoms in total. The Balaban J connectivity index is 1.87. The molecule has 0 radical (unpaired) electrons. The molecule has 106 valence electrons. The highest BCUT2D eigenvalue weighted by molar-refractivity contribution is 7.11. The smallest absolute Gasteiger partial charge is 0.410 e. The average Bonchev–Trinajstić information content (AvgIpc) is 2.74. The molecule has 2 rings (SSSR count). The summed E-state index contributed by atoms with van der Waals surface area (Å²) in [4.78, 5) is 13.7. The maximum atomic E-state index is 11.9. The molecule has 1 fully saturated rings. The molecule has 0 spiro atoms. The molecule has 0 bridgehead atoms. The lowest BCUT2D eigenvalue weighted by Crippen LogP contribution is -2.41. The van der Waals surface area contributed by atoms with Gasteiger partial charge in [-0.05, 0) is 40.5 Å². The number of rotatable bonds is 1. The van der Waals surface area contributed by atoms with Gasteiger partial charge in [0.05, 0.1) is 0 Å². The minimum absolute atomic E-state index is 0.209. The van der Waals surface area contributed by atoms with Crippen LogP contribution in [-0.2, 0) is 4.74 Å². The van der Waals surface area contributed by atoms with Crippen molar-refractivity contribution in [3.63, 3.8) is 0 Å². The Morgan fingerprint density at radius 1 is 1.32 bits per heavy atom. The third-order valence-electron chi connectivity index (χ3n) is 3.04. The highest BCUT2D eigenvalue weighted by atomic mass is 32.1. The van der Waals surface area contributed by atoms with Crippen LogP contribution in [0.4, 0.5) is 4.79 Å². The zero-order valence-electron chi connectivity index (χ0n) is 12.0. The summed E-state index contributed by atoms with van der Waals surface area (Å²) in [7, 11) is 0. The zero-order chi connectivity index (χ0) is 14.0. The van der Waals surface area contributed by atoms with Gasteiger partial charge in [0.15, 0.2) is 0 Å². The van der Waals surface area contributed by atoms with Crippen molar-refractivity contribution < 1.29 is 9.53 Å². The summed E-state index contributed by atoms with van der Waals surface area (Å²) in [5.74, 6) is 0.435. The van der Waals surface area contributed by atoms with Crippen molar-refractivity contribution in [2.45, 2.75) is 52.1 Å². The van der Waals surface area contributed by atoms with E-state index in [9.17, 15) is 4.79 Å². The molecule has 1 aromatic rings. The Kier molecular flexibility index (Phi) is 4.08. The van der Waals surface area contributed by atoms with E-state index in [2.05, 4.69) is 10.2 Å². The van der Waals surface area contributed by atoms with Crippen LogP contribution in [0.15, 0.2) is 0 Å². The number of amides is 1. The quantitative estimate of drug-likeness (QED) is 0.795. The summed E-state index contributed by atoms with van der Waals surface area (Å²) < 4.78 is 5.38. The predicted octanol–water partition coefficient (Wildman–Crippen LogP) is 2.96. The monoisotopic (exact) mass is 283 g/mol. The molecule has 0 saturated carbocycles. The highest BCUT2D eigenvalue weighted by Crippen LogP contribution is 2.30. The van der Waals surface area contributed by atoms with Gasteiger partial charge in [-0.25, -0.2) is 4.79 Å². The van der Waals surface area contributed by atoms with Gasteiger partial charge < -0.3 is 9.64 Å². The SMILES string of the molecule is Cc1nnc(C2CCN(C(=O)OC(C)(C)C)CC2)s1. The molecule has 1 aromatic heterocycles. The number of hydrogen-bond donors (Lipinski definition) is 0. The molecule has 19 heavy (non-hydrogen) atoms. The van der Waals surface area contributed by atoms with Crippen LogP contribution in [-0.4, -0.2) is 39.9 Å². The molecule has 0 aromatic carbocycles. The first-order valence-electron chi connectivity index (χ1n) is 6.63. The molecule has 0 unspecified atom stereocenters. The van der Waals surface area contributed by atoms with E-state index in [0.29, 0.717) is 5.92 Å². The van der Waals surface area contributed by atoms with E-state index in [1.807, 2.05) is 27.7 Å². The van der Waals surface area contributed by atoms with E-state index in [-0.39, 0.29) is 6.09 Å². The lowest BCUT2D eigenvalue weighted by Gasteiger charge is -2.32. The Labute approximate surface area is 118 Å². The van der Waals surface area contributed by atoms with Crippen molar-refractivity contribution in [2.24, 2.45) is 0 Å². The molecule has 2 heterocycles. The third kappa shape index (κ3) is 3.89. The van der Waals surface area contributed by atoms with Crippen molar-refractivity contribution in [1.29, 1.82) is 0 Å². The normalized spacial score (nSPS) is 17.6. The zero-order valence-corrected chi connectivity index (χ0v) is 12.8. The van der Waals surface area contributed by atoms with Crippen molar-refractivity contribution in [2.75, 3.05) is 13.1 Å². The number of piperidine rings is 1. The first kappa shape index (κ1) is 14.2. The second kappa shape index (κ2) is 5.45. The number of hydrogen-bond acceptors (Lipinski definition) is 5. The van der Waals surface area contributed by atoms with E-state index in [1.54, 1.807) is 16.2 Å². The minimum atomic E-state index is -0.426. The van der Waals surface area contributed by atoms with Gasteiger partial charge in [-0.1, -0.05) is 0 Å². The summed E-state index contributed by atoms with van der Waals surface area (Å²) in [5.41, 5.74) is -0.426. The van der Waals surface area contributed by atoms with Crippen LogP contribution in [0.5, 0.6) is 0 Å². The van der Waals surface area contributed by atoms with Crippen LogP contribution >= 0.6 is 11.3 Å². The number of carbonyl (C=O) groups is 1. The molecule has 1 amide bonds. The van der Waals surface area contributed by atoms with Gasteiger partial charge in [0.2, 0.25) is 0 Å². The molecule has 6 heteroatoms. The Hall–Kier alpha value is -1.17. The maximum Gasteiger partial charge on any atom is 0.410 e. The van der Waals surface area contributed by atoms with E-state index in [0.717, 1.165) is 35.9 Å². The topological polar surface area (TPSA) is 55.3 Å². The van der Waals surface area contributed by atoms with Gasteiger partial charge in [-0.15, -0.1) is 21.5 Å². The lowest BCUT2D eigenvalue weighted by atomic mass is 9.98. The van der Waals surface area contributed by atoms with E-state index >= 15 is 0 Å². The molecule has 0 N–H and O–H groups in total.